The number of hydrogen-bond donors (Lipinski definition) is 0. The molecule has 15 heavy (non-hydrogen) atoms. The Bertz CT molecular complexity index is 388. The normalized spacial score (nSPS) is 11.3. The minimum atomic E-state index is -1.76. The molecule has 0 spiro atoms. The van der Waals surface area contributed by atoms with Crippen molar-refractivity contribution in [1.82, 2.24) is 0 Å². The number of carbonyl (C=O) groups excluding carboxylic acids is 1. The maximum absolute atomic E-state index is 13.3. The lowest BCUT2D eigenvalue weighted by Gasteiger charge is -2.20. The molecule has 2 nitrogen and oxygen atoms in total. The molecule has 0 aliphatic rings. The number of hydrogen-bond acceptors (Lipinski definition) is 2. The molecule has 82 valence electrons. The van der Waals surface area contributed by atoms with Crippen molar-refractivity contribution < 1.29 is 13.6 Å². The van der Waals surface area contributed by atoms with Gasteiger partial charge in [-0.15, -0.1) is 0 Å². The van der Waals surface area contributed by atoms with Gasteiger partial charge in [-0.25, -0.2) is 4.39 Å². The van der Waals surface area contributed by atoms with Gasteiger partial charge in [0.2, 0.25) is 8.32 Å². The fraction of sp³-hybridized carbons (Fsp3) is 0.300. The van der Waals surface area contributed by atoms with E-state index in [1.54, 1.807) is 0 Å². The molecule has 0 bridgehead atoms. The summed E-state index contributed by atoms with van der Waals surface area (Å²) < 4.78 is 19.5. The molecule has 0 heterocycles. The second-order valence-electron chi connectivity index (χ2n) is 4.14. The average molecular weight is 291 g/mol. The third-order valence-corrected chi connectivity index (χ3v) is 3.05. The highest BCUT2D eigenvalue weighted by molar-refractivity contribution is 9.10. The SMILES string of the molecule is C[Si](C)(C)Oc1cc(F)c(C=O)cc1Br. The van der Waals surface area contributed by atoms with Crippen LogP contribution >= 0.6 is 15.9 Å². The molecule has 0 N–H and O–H groups in total. The zero-order valence-corrected chi connectivity index (χ0v) is 11.4. The first-order valence-electron chi connectivity index (χ1n) is 4.47. The van der Waals surface area contributed by atoms with Crippen molar-refractivity contribution >= 4 is 30.5 Å². The lowest BCUT2D eigenvalue weighted by Crippen LogP contribution is -2.29. The summed E-state index contributed by atoms with van der Waals surface area (Å²) in [7, 11) is -1.76. The number of benzene rings is 1. The molecule has 0 saturated carbocycles. The first-order valence-corrected chi connectivity index (χ1v) is 8.67. The number of halogens is 2. The van der Waals surface area contributed by atoms with Crippen molar-refractivity contribution in [3.05, 3.63) is 28.0 Å². The van der Waals surface area contributed by atoms with Crippen molar-refractivity contribution in [2.45, 2.75) is 19.6 Å². The molecule has 0 fully saturated rings. The van der Waals surface area contributed by atoms with E-state index in [-0.39, 0.29) is 5.56 Å². The van der Waals surface area contributed by atoms with Crippen LogP contribution in [0, 0.1) is 5.82 Å². The van der Waals surface area contributed by atoms with Gasteiger partial charge >= 0.3 is 0 Å². The summed E-state index contributed by atoms with van der Waals surface area (Å²) in [6.45, 7) is 6.01. The van der Waals surface area contributed by atoms with Crippen molar-refractivity contribution in [1.29, 1.82) is 0 Å². The highest BCUT2D eigenvalue weighted by Gasteiger charge is 2.19. The molecule has 0 aliphatic heterocycles. The molecule has 0 aromatic heterocycles. The Balaban J connectivity index is 3.11. The predicted molar refractivity (Wildman–Crippen MR) is 63.5 cm³/mol. The largest absolute Gasteiger partial charge is 0.543 e. The molecule has 1 rings (SSSR count). The number of carbonyl (C=O) groups is 1. The summed E-state index contributed by atoms with van der Waals surface area (Å²) in [5, 5.41) is 0. The highest BCUT2D eigenvalue weighted by Crippen LogP contribution is 2.29. The topological polar surface area (TPSA) is 26.3 Å². The van der Waals surface area contributed by atoms with E-state index in [0.717, 1.165) is 0 Å². The zero-order valence-electron chi connectivity index (χ0n) is 8.80. The van der Waals surface area contributed by atoms with E-state index in [1.807, 2.05) is 19.6 Å². The molecule has 0 aliphatic carbocycles. The van der Waals surface area contributed by atoms with E-state index in [0.29, 0.717) is 16.5 Å². The van der Waals surface area contributed by atoms with Crippen LogP contribution in [0.4, 0.5) is 4.39 Å². The predicted octanol–water partition coefficient (Wildman–Crippen LogP) is 3.61. The molecule has 0 radical (unpaired) electrons. The Morgan fingerprint density at radius 3 is 2.47 bits per heavy atom. The summed E-state index contributed by atoms with van der Waals surface area (Å²) in [5.74, 6) is -0.0984. The Morgan fingerprint density at radius 2 is 2.00 bits per heavy atom. The molecule has 0 amide bonds. The van der Waals surface area contributed by atoms with Gasteiger partial charge in [-0.2, -0.15) is 0 Å². The minimum Gasteiger partial charge on any atom is -0.543 e. The van der Waals surface area contributed by atoms with Gasteiger partial charge in [0.1, 0.15) is 11.6 Å². The van der Waals surface area contributed by atoms with Gasteiger partial charge in [-0.05, 0) is 41.6 Å². The summed E-state index contributed by atoms with van der Waals surface area (Å²) in [5.41, 5.74) is 0.0322. The van der Waals surface area contributed by atoms with E-state index in [1.165, 1.54) is 12.1 Å². The Hall–Kier alpha value is -0.683. The number of rotatable bonds is 3. The first-order chi connectivity index (χ1) is 6.83. The monoisotopic (exact) mass is 290 g/mol. The fourth-order valence-electron chi connectivity index (χ4n) is 1.04. The van der Waals surface area contributed by atoms with Gasteiger partial charge in [0, 0.05) is 6.07 Å². The van der Waals surface area contributed by atoms with Crippen molar-refractivity contribution in [3.63, 3.8) is 0 Å². The van der Waals surface area contributed by atoms with Gasteiger partial charge in [-0.1, -0.05) is 0 Å². The third kappa shape index (κ3) is 3.42. The summed E-state index contributed by atoms with van der Waals surface area (Å²) in [6.07, 6.45) is 0.485. The minimum absolute atomic E-state index is 0.0322. The van der Waals surface area contributed by atoms with Crippen LogP contribution in [0.25, 0.3) is 0 Å². The van der Waals surface area contributed by atoms with Crippen LogP contribution in [0.1, 0.15) is 10.4 Å². The maximum Gasteiger partial charge on any atom is 0.242 e. The molecule has 0 atom stereocenters. The molecule has 5 heteroatoms. The molecular weight excluding hydrogens is 279 g/mol. The van der Waals surface area contributed by atoms with Crippen LogP contribution in [0.2, 0.25) is 19.6 Å². The van der Waals surface area contributed by atoms with Gasteiger partial charge in [-0.3, -0.25) is 4.79 Å². The molecule has 0 saturated heterocycles. The molecular formula is C10H12BrFO2Si. The van der Waals surface area contributed by atoms with Crippen LogP contribution in [0.5, 0.6) is 5.75 Å². The second-order valence-corrected chi connectivity index (χ2v) is 9.42. The Kier molecular flexibility index (Phi) is 3.67. The lowest BCUT2D eigenvalue weighted by molar-refractivity contribution is 0.111. The van der Waals surface area contributed by atoms with Crippen LogP contribution < -0.4 is 4.43 Å². The summed E-state index contributed by atoms with van der Waals surface area (Å²) in [4.78, 5) is 10.5. The summed E-state index contributed by atoms with van der Waals surface area (Å²) in [6, 6.07) is 2.67. The summed E-state index contributed by atoms with van der Waals surface area (Å²) >= 11 is 3.25. The van der Waals surface area contributed by atoms with E-state index in [2.05, 4.69) is 15.9 Å². The van der Waals surface area contributed by atoms with Crippen LogP contribution in [0.15, 0.2) is 16.6 Å². The second kappa shape index (κ2) is 4.45. The Labute approximate surface area is 97.7 Å². The van der Waals surface area contributed by atoms with E-state index in [9.17, 15) is 9.18 Å². The van der Waals surface area contributed by atoms with E-state index >= 15 is 0 Å². The molecule has 1 aromatic rings. The van der Waals surface area contributed by atoms with Crippen LogP contribution in [-0.2, 0) is 0 Å². The Morgan fingerprint density at radius 1 is 1.40 bits per heavy atom. The van der Waals surface area contributed by atoms with Crippen LogP contribution in [-0.4, -0.2) is 14.6 Å². The molecule has 1 aromatic carbocycles. The van der Waals surface area contributed by atoms with Gasteiger partial charge in [0.05, 0.1) is 10.0 Å². The van der Waals surface area contributed by atoms with E-state index < -0.39 is 14.1 Å². The smallest absolute Gasteiger partial charge is 0.242 e. The van der Waals surface area contributed by atoms with Crippen LogP contribution in [0.3, 0.4) is 0 Å². The first kappa shape index (κ1) is 12.4. The van der Waals surface area contributed by atoms with Crippen molar-refractivity contribution in [3.8, 4) is 5.75 Å². The third-order valence-electron chi connectivity index (χ3n) is 1.59. The standard InChI is InChI=1S/C10H12BrFO2Si/c1-15(2,3)14-10-5-9(12)7(6-13)4-8(10)11/h4-6H,1-3H3. The quantitative estimate of drug-likeness (QED) is 0.628. The maximum atomic E-state index is 13.3. The zero-order chi connectivity index (χ0) is 11.6. The van der Waals surface area contributed by atoms with Gasteiger partial charge in [0.25, 0.3) is 0 Å². The van der Waals surface area contributed by atoms with Crippen molar-refractivity contribution in [2.24, 2.45) is 0 Å². The van der Waals surface area contributed by atoms with Gasteiger partial charge in [0.15, 0.2) is 6.29 Å². The molecule has 0 unspecified atom stereocenters. The number of aldehydes is 1. The van der Waals surface area contributed by atoms with E-state index in [4.69, 9.17) is 4.43 Å². The fourth-order valence-corrected chi connectivity index (χ4v) is 2.46. The van der Waals surface area contributed by atoms with Crippen molar-refractivity contribution in [2.75, 3.05) is 0 Å². The average Bonchev–Trinajstić information content (AvgIpc) is 2.08. The lowest BCUT2D eigenvalue weighted by atomic mass is 10.2. The van der Waals surface area contributed by atoms with Gasteiger partial charge < -0.3 is 4.43 Å². The highest BCUT2D eigenvalue weighted by atomic mass is 79.9.